The van der Waals surface area contributed by atoms with Crippen LogP contribution >= 0.6 is 0 Å². The zero-order valence-electron chi connectivity index (χ0n) is 19.7. The molecule has 0 aromatic rings. The molecule has 0 spiro atoms. The molecule has 1 unspecified atom stereocenters. The second kappa shape index (κ2) is 9.24. The third-order valence-electron chi connectivity index (χ3n) is 8.25. The van der Waals surface area contributed by atoms with Crippen LogP contribution in [0.2, 0.25) is 0 Å². The number of alkyl halides is 3. The van der Waals surface area contributed by atoms with Crippen LogP contribution < -0.4 is 5.32 Å². The van der Waals surface area contributed by atoms with Gasteiger partial charge in [-0.1, -0.05) is 13.8 Å². The highest BCUT2D eigenvalue weighted by molar-refractivity contribution is 5.85. The first-order valence-electron chi connectivity index (χ1n) is 12.2. The van der Waals surface area contributed by atoms with Crippen molar-refractivity contribution >= 4 is 12.0 Å². The van der Waals surface area contributed by atoms with E-state index in [1.807, 2.05) is 4.90 Å². The lowest BCUT2D eigenvalue weighted by Gasteiger charge is -2.41. The van der Waals surface area contributed by atoms with E-state index in [4.69, 9.17) is 4.74 Å². The molecule has 3 saturated heterocycles. The van der Waals surface area contributed by atoms with Crippen LogP contribution in [0.4, 0.5) is 18.0 Å². The second-order valence-electron chi connectivity index (χ2n) is 10.5. The lowest BCUT2D eigenvalue weighted by molar-refractivity contribution is -0.200. The number of rotatable bonds is 5. The summed E-state index contributed by atoms with van der Waals surface area (Å²) in [4.78, 5) is 29.4. The van der Waals surface area contributed by atoms with Crippen molar-refractivity contribution in [3.63, 3.8) is 0 Å². The predicted octanol–water partition coefficient (Wildman–Crippen LogP) is 3.32. The molecule has 4 fully saturated rings. The number of hydrogen-bond acceptors (Lipinski definition) is 5. The van der Waals surface area contributed by atoms with E-state index in [1.54, 1.807) is 0 Å². The molecule has 1 saturated carbocycles. The number of nitrogens with one attached hydrogen (secondary N) is 1. The normalized spacial score (nSPS) is 33.7. The molecule has 4 aliphatic rings. The number of fused-ring (bicyclic) bond motifs is 2. The zero-order valence-corrected chi connectivity index (χ0v) is 19.7. The molecule has 4 rings (SSSR count). The highest BCUT2D eigenvalue weighted by Crippen LogP contribution is 2.48. The first kappa shape index (κ1) is 24.6. The van der Waals surface area contributed by atoms with Crippen molar-refractivity contribution in [1.29, 1.82) is 0 Å². The molecule has 0 aromatic heterocycles. The van der Waals surface area contributed by atoms with Crippen LogP contribution in [-0.2, 0) is 14.3 Å². The van der Waals surface area contributed by atoms with Gasteiger partial charge in [0.05, 0.1) is 17.5 Å². The average Bonchev–Trinajstić information content (AvgIpc) is 3.48. The zero-order chi connectivity index (χ0) is 24.0. The van der Waals surface area contributed by atoms with Crippen LogP contribution in [0.15, 0.2) is 0 Å². The van der Waals surface area contributed by atoms with Gasteiger partial charge >= 0.3 is 12.3 Å². The highest BCUT2D eigenvalue weighted by Gasteiger charge is 2.55. The smallest absolute Gasteiger partial charge is 0.425 e. The number of carbonyl (C=O) groups excluding carboxylic acids is 2. The molecule has 3 aliphatic heterocycles. The van der Waals surface area contributed by atoms with Gasteiger partial charge in [-0.3, -0.25) is 4.79 Å². The van der Waals surface area contributed by atoms with Gasteiger partial charge in [-0.05, 0) is 51.4 Å². The lowest BCUT2D eigenvalue weighted by atomic mass is 9.74. The summed E-state index contributed by atoms with van der Waals surface area (Å²) in [6, 6.07) is 0.292. The largest absolute Gasteiger partial charge is 0.437 e. The van der Waals surface area contributed by atoms with Gasteiger partial charge in [0.2, 0.25) is 5.91 Å². The van der Waals surface area contributed by atoms with Crippen molar-refractivity contribution in [3.8, 4) is 0 Å². The third kappa shape index (κ3) is 4.83. The molecule has 33 heavy (non-hydrogen) atoms. The Balaban J connectivity index is 1.36. The SMILES string of the molecule is CC(OC(=O)N1C[C@@H]2C[C@H]1CN2C(=O)[C@@]1(C(C)C)CC[C@@H](NC2CCOCC2)C1)C(F)(F)F. The summed E-state index contributed by atoms with van der Waals surface area (Å²) in [6.45, 7) is 7.19. The van der Waals surface area contributed by atoms with Gasteiger partial charge in [0.25, 0.3) is 0 Å². The van der Waals surface area contributed by atoms with Gasteiger partial charge in [0.1, 0.15) is 0 Å². The molecule has 2 bridgehead atoms. The fourth-order valence-corrected chi connectivity index (χ4v) is 6.09. The van der Waals surface area contributed by atoms with E-state index in [9.17, 15) is 22.8 Å². The number of likely N-dealkylation sites (tertiary alicyclic amines) is 2. The topological polar surface area (TPSA) is 71.1 Å². The van der Waals surface area contributed by atoms with Crippen LogP contribution in [0.25, 0.3) is 0 Å². The summed E-state index contributed by atoms with van der Waals surface area (Å²) in [7, 11) is 0. The van der Waals surface area contributed by atoms with E-state index in [0.717, 1.165) is 52.2 Å². The summed E-state index contributed by atoms with van der Waals surface area (Å²) < 4.78 is 48.4. The summed E-state index contributed by atoms with van der Waals surface area (Å²) in [5, 5.41) is 3.75. The number of ether oxygens (including phenoxy) is 2. The van der Waals surface area contributed by atoms with Crippen molar-refractivity contribution in [1.82, 2.24) is 15.1 Å². The predicted molar refractivity (Wildman–Crippen MR) is 114 cm³/mol. The lowest BCUT2D eigenvalue weighted by Crippen LogP contribution is -2.56. The average molecular weight is 476 g/mol. The standard InChI is InChI=1S/C23H36F3N3O4/c1-14(2)22(7-4-17(11-22)27-16-5-8-32-9-6-16)20(30)28-12-19-10-18(28)13-29(19)21(31)33-15(3)23(24,25)26/h14-19,27H,4-13H2,1-3H3/t15?,17-,18+,19+,22+/m1/s1. The first-order valence-corrected chi connectivity index (χ1v) is 12.2. The van der Waals surface area contributed by atoms with E-state index < -0.39 is 23.8 Å². The monoisotopic (exact) mass is 475 g/mol. The minimum Gasteiger partial charge on any atom is -0.437 e. The summed E-state index contributed by atoms with van der Waals surface area (Å²) in [5.74, 6) is 0.317. The molecular formula is C23H36F3N3O4. The fraction of sp³-hybridized carbons (Fsp3) is 0.913. The number of carbonyl (C=O) groups is 2. The number of amides is 2. The minimum atomic E-state index is -4.59. The molecule has 0 aromatic carbocycles. The minimum absolute atomic E-state index is 0.137. The van der Waals surface area contributed by atoms with E-state index >= 15 is 0 Å². The van der Waals surface area contributed by atoms with Crippen LogP contribution in [0.1, 0.15) is 59.3 Å². The molecule has 5 atom stereocenters. The van der Waals surface area contributed by atoms with Crippen molar-refractivity contribution in [2.24, 2.45) is 11.3 Å². The molecule has 0 radical (unpaired) electrons. The maximum Gasteiger partial charge on any atom is 0.425 e. The Morgan fingerprint density at radius 3 is 2.24 bits per heavy atom. The van der Waals surface area contributed by atoms with E-state index in [0.29, 0.717) is 25.0 Å². The molecular weight excluding hydrogens is 439 g/mol. The van der Waals surface area contributed by atoms with E-state index in [2.05, 4.69) is 23.9 Å². The summed E-state index contributed by atoms with van der Waals surface area (Å²) >= 11 is 0. The quantitative estimate of drug-likeness (QED) is 0.661. The van der Waals surface area contributed by atoms with Gasteiger partial charge in [-0.25, -0.2) is 4.79 Å². The summed E-state index contributed by atoms with van der Waals surface area (Å²) in [5.41, 5.74) is -0.441. The Morgan fingerprint density at radius 1 is 1.03 bits per heavy atom. The summed E-state index contributed by atoms with van der Waals surface area (Å²) in [6.07, 6.45) is -2.52. The second-order valence-corrected chi connectivity index (χ2v) is 10.5. The Morgan fingerprint density at radius 2 is 1.67 bits per heavy atom. The van der Waals surface area contributed by atoms with Crippen LogP contribution in [0.3, 0.4) is 0 Å². The highest BCUT2D eigenvalue weighted by atomic mass is 19.4. The number of halogens is 3. The maximum absolute atomic E-state index is 13.8. The maximum atomic E-state index is 13.8. The van der Waals surface area contributed by atoms with Crippen LogP contribution in [0.5, 0.6) is 0 Å². The van der Waals surface area contributed by atoms with Gasteiger partial charge in [-0.15, -0.1) is 0 Å². The molecule has 188 valence electrons. The van der Waals surface area contributed by atoms with Crippen molar-refractivity contribution in [3.05, 3.63) is 0 Å². The van der Waals surface area contributed by atoms with Crippen LogP contribution in [0, 0.1) is 11.3 Å². The van der Waals surface area contributed by atoms with Crippen molar-refractivity contribution < 1.29 is 32.2 Å². The van der Waals surface area contributed by atoms with E-state index in [-0.39, 0.29) is 30.5 Å². The Hall–Kier alpha value is -1.55. The molecule has 7 nitrogen and oxygen atoms in total. The molecule has 3 heterocycles. The molecule has 1 aliphatic carbocycles. The molecule has 2 amide bonds. The fourth-order valence-electron chi connectivity index (χ4n) is 6.09. The van der Waals surface area contributed by atoms with E-state index in [1.165, 1.54) is 4.90 Å². The van der Waals surface area contributed by atoms with Gasteiger partial charge in [-0.2, -0.15) is 13.2 Å². The molecule has 1 N–H and O–H groups in total. The number of hydrogen-bond donors (Lipinski definition) is 1. The van der Waals surface area contributed by atoms with Gasteiger partial charge < -0.3 is 24.6 Å². The van der Waals surface area contributed by atoms with Crippen molar-refractivity contribution in [2.45, 2.75) is 95.7 Å². The Kier molecular flexibility index (Phi) is 6.88. The number of nitrogens with zero attached hydrogens (tertiary/aromatic N) is 2. The van der Waals surface area contributed by atoms with Gasteiger partial charge in [0.15, 0.2) is 6.10 Å². The van der Waals surface area contributed by atoms with Crippen molar-refractivity contribution in [2.75, 3.05) is 26.3 Å². The number of piperazine rings is 1. The Bertz CT molecular complexity index is 743. The first-order chi connectivity index (χ1) is 15.5. The Labute approximate surface area is 193 Å². The third-order valence-corrected chi connectivity index (χ3v) is 8.25. The molecule has 10 heteroatoms. The van der Waals surface area contributed by atoms with Crippen LogP contribution in [-0.4, -0.2) is 84.6 Å². The van der Waals surface area contributed by atoms with Gasteiger partial charge in [0, 0.05) is 38.4 Å².